The van der Waals surface area contributed by atoms with Crippen LogP contribution in [0.3, 0.4) is 0 Å². The topological polar surface area (TPSA) is 67.4 Å². The summed E-state index contributed by atoms with van der Waals surface area (Å²) in [4.78, 5) is 24.7. The highest BCUT2D eigenvalue weighted by Crippen LogP contribution is 2.18. The monoisotopic (exact) mass is 340 g/mol. The van der Waals surface area contributed by atoms with Crippen LogP contribution in [-0.2, 0) is 0 Å². The number of carbonyl (C=O) groups is 2. The lowest BCUT2D eigenvalue weighted by molar-refractivity contribution is 0.0954. The minimum atomic E-state index is -0.267. The average molecular weight is 340 g/mol. The summed E-state index contributed by atoms with van der Waals surface area (Å²) in [7, 11) is 0. The Morgan fingerprint density at radius 2 is 1.68 bits per heavy atom. The van der Waals surface area contributed by atoms with Crippen LogP contribution < -0.4 is 15.4 Å². The molecule has 0 fully saturated rings. The molecule has 2 aromatic carbocycles. The summed E-state index contributed by atoms with van der Waals surface area (Å²) in [5.74, 6) is 0.266. The van der Waals surface area contributed by atoms with E-state index >= 15 is 0 Å². The summed E-state index contributed by atoms with van der Waals surface area (Å²) >= 11 is 0. The van der Waals surface area contributed by atoms with E-state index < -0.39 is 0 Å². The van der Waals surface area contributed by atoms with Gasteiger partial charge in [0.15, 0.2) is 0 Å². The van der Waals surface area contributed by atoms with Gasteiger partial charge in [-0.25, -0.2) is 0 Å². The summed E-state index contributed by atoms with van der Waals surface area (Å²) in [6, 6.07) is 13.9. The molecule has 25 heavy (non-hydrogen) atoms. The maximum Gasteiger partial charge on any atom is 0.255 e. The van der Waals surface area contributed by atoms with Crippen molar-refractivity contribution in [1.29, 1.82) is 0 Å². The zero-order valence-corrected chi connectivity index (χ0v) is 14.7. The second kappa shape index (κ2) is 9.47. The summed E-state index contributed by atoms with van der Waals surface area (Å²) in [5.41, 5.74) is 1.46. The highest BCUT2D eigenvalue weighted by molar-refractivity contribution is 6.09. The Morgan fingerprint density at radius 1 is 0.960 bits per heavy atom. The Hall–Kier alpha value is -2.82. The summed E-state index contributed by atoms with van der Waals surface area (Å²) < 4.78 is 5.37. The third-order valence-electron chi connectivity index (χ3n) is 3.66. The molecule has 0 aliphatic carbocycles. The van der Waals surface area contributed by atoms with Crippen LogP contribution in [0, 0.1) is 0 Å². The number of benzene rings is 2. The van der Waals surface area contributed by atoms with Gasteiger partial charge < -0.3 is 15.4 Å². The van der Waals surface area contributed by atoms with Crippen molar-refractivity contribution in [2.75, 3.05) is 18.5 Å². The van der Waals surface area contributed by atoms with Crippen LogP contribution in [0.1, 0.15) is 47.4 Å². The van der Waals surface area contributed by atoms with Crippen molar-refractivity contribution in [2.45, 2.75) is 26.7 Å². The first kappa shape index (κ1) is 18.5. The van der Waals surface area contributed by atoms with Crippen molar-refractivity contribution < 1.29 is 14.3 Å². The predicted octanol–water partition coefficient (Wildman–Crippen LogP) is 3.87. The molecule has 0 heterocycles. The molecule has 2 aromatic rings. The van der Waals surface area contributed by atoms with Crippen LogP contribution in [0.2, 0.25) is 0 Å². The Kier molecular flexibility index (Phi) is 7.01. The molecule has 132 valence electrons. The standard InChI is InChI=1S/C20H24N2O3/c1-3-5-14-21-20(24)17-8-6-7-9-18(17)22-19(23)15-10-12-16(13-11-15)25-4-2/h6-13H,3-5,14H2,1-2H3,(H,21,24)(H,22,23). The van der Waals surface area contributed by atoms with Crippen LogP contribution in [0.15, 0.2) is 48.5 Å². The van der Waals surface area contributed by atoms with Crippen molar-refractivity contribution in [2.24, 2.45) is 0 Å². The zero-order chi connectivity index (χ0) is 18.1. The molecule has 2 N–H and O–H groups in total. The molecule has 5 nitrogen and oxygen atoms in total. The lowest BCUT2D eigenvalue weighted by atomic mass is 10.1. The summed E-state index contributed by atoms with van der Waals surface area (Å²) in [6.07, 6.45) is 1.93. The van der Waals surface area contributed by atoms with Crippen LogP contribution in [0.4, 0.5) is 5.69 Å². The molecule has 0 unspecified atom stereocenters. The third-order valence-corrected chi connectivity index (χ3v) is 3.66. The van der Waals surface area contributed by atoms with Gasteiger partial charge >= 0.3 is 0 Å². The Balaban J connectivity index is 2.08. The van der Waals surface area contributed by atoms with Crippen molar-refractivity contribution in [3.05, 3.63) is 59.7 Å². The number of carbonyl (C=O) groups excluding carboxylic acids is 2. The van der Waals surface area contributed by atoms with Crippen molar-refractivity contribution in [3.63, 3.8) is 0 Å². The van der Waals surface area contributed by atoms with E-state index in [1.54, 1.807) is 48.5 Å². The molecular weight excluding hydrogens is 316 g/mol. The molecule has 0 aromatic heterocycles. The molecule has 0 spiro atoms. The van der Waals surface area contributed by atoms with E-state index in [-0.39, 0.29) is 11.8 Å². The number of amides is 2. The van der Waals surface area contributed by atoms with E-state index in [1.807, 2.05) is 6.92 Å². The number of para-hydroxylation sites is 1. The van der Waals surface area contributed by atoms with Gasteiger partial charge in [-0.1, -0.05) is 25.5 Å². The first-order chi connectivity index (χ1) is 12.2. The van der Waals surface area contributed by atoms with Crippen LogP contribution in [0.25, 0.3) is 0 Å². The van der Waals surface area contributed by atoms with Crippen LogP contribution >= 0.6 is 0 Å². The molecular formula is C20H24N2O3. The van der Waals surface area contributed by atoms with Gasteiger partial charge in [-0.05, 0) is 49.7 Å². The molecule has 0 radical (unpaired) electrons. The summed E-state index contributed by atoms with van der Waals surface area (Å²) in [6.45, 7) is 5.17. The molecule has 0 atom stereocenters. The average Bonchev–Trinajstić information content (AvgIpc) is 2.63. The van der Waals surface area contributed by atoms with E-state index in [9.17, 15) is 9.59 Å². The zero-order valence-electron chi connectivity index (χ0n) is 14.7. The molecule has 0 saturated carbocycles. The van der Waals surface area contributed by atoms with Gasteiger partial charge in [0.25, 0.3) is 11.8 Å². The number of nitrogens with one attached hydrogen (secondary N) is 2. The second-order valence-corrected chi connectivity index (χ2v) is 5.57. The lowest BCUT2D eigenvalue weighted by Crippen LogP contribution is -2.26. The molecule has 2 amide bonds. The number of rotatable bonds is 8. The van der Waals surface area contributed by atoms with Gasteiger partial charge in [-0.15, -0.1) is 0 Å². The highest BCUT2D eigenvalue weighted by atomic mass is 16.5. The van der Waals surface area contributed by atoms with Gasteiger partial charge in [0.05, 0.1) is 17.9 Å². The lowest BCUT2D eigenvalue weighted by Gasteiger charge is -2.11. The van der Waals surface area contributed by atoms with Gasteiger partial charge in [0.1, 0.15) is 5.75 Å². The van der Waals surface area contributed by atoms with E-state index in [1.165, 1.54) is 0 Å². The number of anilines is 1. The van der Waals surface area contributed by atoms with Gasteiger partial charge in [0.2, 0.25) is 0 Å². The smallest absolute Gasteiger partial charge is 0.255 e. The number of ether oxygens (including phenoxy) is 1. The van der Waals surface area contributed by atoms with Crippen molar-refractivity contribution in [1.82, 2.24) is 5.32 Å². The van der Waals surface area contributed by atoms with E-state index in [2.05, 4.69) is 17.6 Å². The Bertz CT molecular complexity index is 711. The van der Waals surface area contributed by atoms with Crippen molar-refractivity contribution in [3.8, 4) is 5.75 Å². The quantitative estimate of drug-likeness (QED) is 0.717. The van der Waals surface area contributed by atoms with Gasteiger partial charge in [-0.3, -0.25) is 9.59 Å². The first-order valence-corrected chi connectivity index (χ1v) is 8.57. The molecule has 5 heteroatoms. The minimum Gasteiger partial charge on any atom is -0.494 e. The fourth-order valence-electron chi connectivity index (χ4n) is 2.33. The fraction of sp³-hybridized carbons (Fsp3) is 0.300. The fourth-order valence-corrected chi connectivity index (χ4v) is 2.33. The maximum absolute atomic E-state index is 12.4. The maximum atomic E-state index is 12.4. The van der Waals surface area contributed by atoms with E-state index in [4.69, 9.17) is 4.74 Å². The summed E-state index contributed by atoms with van der Waals surface area (Å²) in [5, 5.41) is 5.68. The SMILES string of the molecule is CCCCNC(=O)c1ccccc1NC(=O)c1ccc(OCC)cc1. The second-order valence-electron chi connectivity index (χ2n) is 5.57. The predicted molar refractivity (Wildman–Crippen MR) is 99.2 cm³/mol. The van der Waals surface area contributed by atoms with Crippen LogP contribution in [-0.4, -0.2) is 25.0 Å². The molecule has 0 saturated heterocycles. The minimum absolute atomic E-state index is 0.184. The van der Waals surface area contributed by atoms with Crippen LogP contribution in [0.5, 0.6) is 5.75 Å². The Labute approximate surface area is 148 Å². The first-order valence-electron chi connectivity index (χ1n) is 8.57. The molecule has 0 aliphatic heterocycles. The van der Waals surface area contributed by atoms with E-state index in [0.29, 0.717) is 30.0 Å². The van der Waals surface area contributed by atoms with Gasteiger partial charge in [-0.2, -0.15) is 0 Å². The third kappa shape index (κ3) is 5.35. The Morgan fingerprint density at radius 3 is 2.36 bits per heavy atom. The number of hydrogen-bond donors (Lipinski definition) is 2. The number of unbranched alkanes of at least 4 members (excludes halogenated alkanes) is 1. The normalized spacial score (nSPS) is 10.2. The van der Waals surface area contributed by atoms with E-state index in [0.717, 1.165) is 18.6 Å². The number of hydrogen-bond acceptors (Lipinski definition) is 3. The molecule has 2 rings (SSSR count). The largest absolute Gasteiger partial charge is 0.494 e. The van der Waals surface area contributed by atoms with Gasteiger partial charge in [0, 0.05) is 12.1 Å². The molecule has 0 aliphatic rings. The van der Waals surface area contributed by atoms with Crippen molar-refractivity contribution >= 4 is 17.5 Å². The molecule has 0 bridgehead atoms. The highest BCUT2D eigenvalue weighted by Gasteiger charge is 2.13.